The first-order valence-electron chi connectivity index (χ1n) is 7.41. The molecule has 0 amide bonds. The quantitative estimate of drug-likeness (QED) is 0.739. The molecule has 2 aromatic carbocycles. The van der Waals surface area contributed by atoms with Crippen molar-refractivity contribution in [2.75, 3.05) is 0 Å². The fourth-order valence-electron chi connectivity index (χ4n) is 3.23. The Morgan fingerprint density at radius 3 is 1.95 bits per heavy atom. The van der Waals surface area contributed by atoms with Crippen LogP contribution in [0.15, 0.2) is 54.6 Å². The van der Waals surface area contributed by atoms with E-state index in [-0.39, 0.29) is 5.41 Å². The molecule has 1 aliphatic carbocycles. The molecule has 0 heterocycles. The zero-order valence-electron chi connectivity index (χ0n) is 11.7. The summed E-state index contributed by atoms with van der Waals surface area (Å²) in [6, 6.07) is 21.6. The van der Waals surface area contributed by atoms with E-state index in [4.69, 9.17) is 0 Å². The van der Waals surface area contributed by atoms with Crippen LogP contribution >= 0.6 is 0 Å². The van der Waals surface area contributed by atoms with Gasteiger partial charge in [-0.3, -0.25) is 0 Å². The van der Waals surface area contributed by atoms with Gasteiger partial charge in [0.05, 0.1) is 11.5 Å². The molecule has 0 saturated heterocycles. The van der Waals surface area contributed by atoms with Crippen LogP contribution in [0.1, 0.15) is 37.7 Å². The molecule has 20 heavy (non-hydrogen) atoms. The van der Waals surface area contributed by atoms with Gasteiger partial charge in [0.15, 0.2) is 0 Å². The molecule has 1 fully saturated rings. The molecule has 2 aromatic rings. The average Bonchev–Trinajstić information content (AvgIpc) is 2.56. The van der Waals surface area contributed by atoms with Gasteiger partial charge in [0, 0.05) is 0 Å². The Morgan fingerprint density at radius 2 is 1.35 bits per heavy atom. The largest absolute Gasteiger partial charge is 0.197 e. The normalized spacial score (nSPS) is 17.4. The fourth-order valence-corrected chi connectivity index (χ4v) is 3.23. The van der Waals surface area contributed by atoms with Crippen molar-refractivity contribution in [1.82, 2.24) is 0 Å². The van der Waals surface area contributed by atoms with Crippen molar-refractivity contribution in [2.24, 2.45) is 0 Å². The first-order valence-corrected chi connectivity index (χ1v) is 7.41. The summed E-state index contributed by atoms with van der Waals surface area (Å²) >= 11 is 0. The van der Waals surface area contributed by atoms with E-state index in [0.717, 1.165) is 12.8 Å². The second-order valence-electron chi connectivity index (χ2n) is 5.70. The summed E-state index contributed by atoms with van der Waals surface area (Å²) in [5.41, 5.74) is 3.40. The van der Waals surface area contributed by atoms with Gasteiger partial charge in [0.2, 0.25) is 0 Å². The Bertz CT molecular complexity index is 598. The molecular weight excluding hydrogens is 242 g/mol. The summed E-state index contributed by atoms with van der Waals surface area (Å²) in [5.74, 6) is 0. The third kappa shape index (κ3) is 2.34. The van der Waals surface area contributed by atoms with Gasteiger partial charge in [0.1, 0.15) is 0 Å². The van der Waals surface area contributed by atoms with Gasteiger partial charge in [-0.1, -0.05) is 73.9 Å². The maximum Gasteiger partial charge on any atom is 0.0822 e. The van der Waals surface area contributed by atoms with Crippen molar-refractivity contribution in [1.29, 1.82) is 5.26 Å². The molecule has 0 aromatic heterocycles. The minimum atomic E-state index is -0.243. The molecule has 0 unspecified atom stereocenters. The van der Waals surface area contributed by atoms with Gasteiger partial charge in [-0.2, -0.15) is 5.26 Å². The number of hydrogen-bond acceptors (Lipinski definition) is 1. The molecule has 1 nitrogen and oxygen atoms in total. The van der Waals surface area contributed by atoms with Crippen LogP contribution in [0.5, 0.6) is 0 Å². The molecule has 0 bridgehead atoms. The van der Waals surface area contributed by atoms with Gasteiger partial charge in [0.25, 0.3) is 0 Å². The van der Waals surface area contributed by atoms with Crippen LogP contribution in [-0.4, -0.2) is 0 Å². The van der Waals surface area contributed by atoms with Crippen molar-refractivity contribution < 1.29 is 0 Å². The topological polar surface area (TPSA) is 23.8 Å². The summed E-state index contributed by atoms with van der Waals surface area (Å²) in [5, 5.41) is 9.63. The van der Waals surface area contributed by atoms with Crippen molar-refractivity contribution in [3.63, 3.8) is 0 Å². The Morgan fingerprint density at radius 1 is 0.750 bits per heavy atom. The van der Waals surface area contributed by atoms with Crippen LogP contribution in [0, 0.1) is 11.3 Å². The summed E-state index contributed by atoms with van der Waals surface area (Å²) in [4.78, 5) is 0. The molecule has 0 atom stereocenters. The van der Waals surface area contributed by atoms with Crippen molar-refractivity contribution in [3.8, 4) is 17.2 Å². The second-order valence-corrected chi connectivity index (χ2v) is 5.70. The smallest absolute Gasteiger partial charge is 0.0822 e. The maximum atomic E-state index is 9.63. The van der Waals surface area contributed by atoms with Crippen LogP contribution in [0.4, 0.5) is 0 Å². The van der Waals surface area contributed by atoms with Gasteiger partial charge < -0.3 is 0 Å². The number of benzene rings is 2. The maximum absolute atomic E-state index is 9.63. The molecule has 3 rings (SSSR count). The zero-order chi connectivity index (χ0) is 13.8. The van der Waals surface area contributed by atoms with Crippen LogP contribution in [0.25, 0.3) is 11.1 Å². The number of nitrogens with zero attached hydrogens (tertiary/aromatic N) is 1. The molecule has 0 spiro atoms. The number of hydrogen-bond donors (Lipinski definition) is 0. The minimum absolute atomic E-state index is 0.243. The minimum Gasteiger partial charge on any atom is -0.197 e. The standard InChI is InChI=1S/C19H19N/c20-15-19(13-5-2-6-14-19)18-11-9-17(10-12-18)16-7-3-1-4-8-16/h1,3-4,7-12H,2,5-6,13-14H2. The molecule has 0 radical (unpaired) electrons. The summed E-state index contributed by atoms with van der Waals surface area (Å²) in [6.45, 7) is 0. The lowest BCUT2D eigenvalue weighted by Crippen LogP contribution is -2.26. The van der Waals surface area contributed by atoms with E-state index < -0.39 is 0 Å². The Hall–Kier alpha value is -2.07. The Labute approximate surface area is 120 Å². The number of rotatable bonds is 2. The van der Waals surface area contributed by atoms with Gasteiger partial charge in [-0.05, 0) is 29.5 Å². The molecule has 1 saturated carbocycles. The monoisotopic (exact) mass is 261 g/mol. The fraction of sp³-hybridized carbons (Fsp3) is 0.316. The van der Waals surface area contributed by atoms with Gasteiger partial charge in [-0.25, -0.2) is 0 Å². The number of nitriles is 1. The van der Waals surface area contributed by atoms with E-state index in [0.29, 0.717) is 0 Å². The van der Waals surface area contributed by atoms with E-state index in [1.165, 1.54) is 36.0 Å². The second kappa shape index (κ2) is 5.51. The highest BCUT2D eigenvalue weighted by Gasteiger charge is 2.33. The highest BCUT2D eigenvalue weighted by molar-refractivity contribution is 5.63. The van der Waals surface area contributed by atoms with Crippen LogP contribution in [0.2, 0.25) is 0 Å². The summed E-state index contributed by atoms with van der Waals surface area (Å²) < 4.78 is 0. The SMILES string of the molecule is N#CC1(c2ccc(-c3ccccc3)cc2)CCCCC1. The lowest BCUT2D eigenvalue weighted by molar-refractivity contribution is 0.366. The lowest BCUT2D eigenvalue weighted by Gasteiger charge is -2.31. The zero-order valence-corrected chi connectivity index (χ0v) is 11.7. The first kappa shape index (κ1) is 12.9. The molecule has 1 aliphatic rings. The summed E-state index contributed by atoms with van der Waals surface area (Å²) in [6.07, 6.45) is 5.63. The van der Waals surface area contributed by atoms with E-state index in [2.05, 4.69) is 54.6 Å². The predicted octanol–water partition coefficient (Wildman–Crippen LogP) is 5.08. The van der Waals surface area contributed by atoms with Gasteiger partial charge >= 0.3 is 0 Å². The molecule has 0 N–H and O–H groups in total. The molecule has 1 heteroatoms. The van der Waals surface area contributed by atoms with E-state index in [9.17, 15) is 5.26 Å². The average molecular weight is 261 g/mol. The van der Waals surface area contributed by atoms with E-state index >= 15 is 0 Å². The Kier molecular flexibility index (Phi) is 3.56. The summed E-state index contributed by atoms with van der Waals surface area (Å²) in [7, 11) is 0. The van der Waals surface area contributed by atoms with E-state index in [1.807, 2.05) is 6.07 Å². The molecular formula is C19H19N. The third-order valence-corrected chi connectivity index (χ3v) is 4.47. The van der Waals surface area contributed by atoms with Crippen molar-refractivity contribution >= 4 is 0 Å². The van der Waals surface area contributed by atoms with Gasteiger partial charge in [-0.15, -0.1) is 0 Å². The van der Waals surface area contributed by atoms with E-state index in [1.54, 1.807) is 0 Å². The highest BCUT2D eigenvalue weighted by atomic mass is 14.4. The molecule has 0 aliphatic heterocycles. The van der Waals surface area contributed by atoms with Crippen molar-refractivity contribution in [3.05, 3.63) is 60.2 Å². The first-order chi connectivity index (χ1) is 9.84. The molecule has 100 valence electrons. The highest BCUT2D eigenvalue weighted by Crippen LogP contribution is 2.39. The predicted molar refractivity (Wildman–Crippen MR) is 82.3 cm³/mol. The third-order valence-electron chi connectivity index (χ3n) is 4.47. The Balaban J connectivity index is 1.91. The lowest BCUT2D eigenvalue weighted by atomic mass is 9.70. The van der Waals surface area contributed by atoms with Crippen molar-refractivity contribution in [2.45, 2.75) is 37.5 Å². The van der Waals surface area contributed by atoms with Crippen LogP contribution in [-0.2, 0) is 5.41 Å². The van der Waals surface area contributed by atoms with Crippen LogP contribution < -0.4 is 0 Å². The van der Waals surface area contributed by atoms with Crippen LogP contribution in [0.3, 0.4) is 0 Å².